The smallest absolute Gasteiger partial charge is 0.290 e. The van der Waals surface area contributed by atoms with E-state index in [1.165, 1.54) is 11.8 Å². The van der Waals surface area contributed by atoms with Crippen molar-refractivity contribution in [1.82, 2.24) is 9.97 Å². The quantitative estimate of drug-likeness (QED) is 0.703. The van der Waals surface area contributed by atoms with Crippen LogP contribution in [0.15, 0.2) is 15.5 Å². The largest absolute Gasteiger partial charge is 0.317 e. The van der Waals surface area contributed by atoms with Crippen LogP contribution in [0, 0.1) is 0 Å². The molecule has 1 N–H and O–H groups in total. The molecule has 2 rings (SSSR count). The van der Waals surface area contributed by atoms with E-state index in [1.807, 2.05) is 0 Å². The van der Waals surface area contributed by atoms with Crippen molar-refractivity contribution >= 4 is 44.4 Å². The van der Waals surface area contributed by atoms with Gasteiger partial charge in [-0.25, -0.2) is 4.98 Å². The van der Waals surface area contributed by atoms with Crippen LogP contribution in [-0.4, -0.2) is 29.8 Å². The maximum Gasteiger partial charge on any atom is 0.290 e. The van der Waals surface area contributed by atoms with Gasteiger partial charge in [0.05, 0.1) is 6.20 Å². The molecule has 1 aliphatic rings. The van der Waals surface area contributed by atoms with Crippen molar-refractivity contribution < 1.29 is 8.42 Å². The highest BCUT2D eigenvalue weighted by Crippen LogP contribution is 2.27. The highest BCUT2D eigenvalue weighted by molar-refractivity contribution is 8.14. The van der Waals surface area contributed by atoms with Crippen LogP contribution in [-0.2, 0) is 10.0 Å². The number of thioether (sulfide) groups is 1. The second kappa shape index (κ2) is 3.62. The molecule has 6 nitrogen and oxygen atoms in total. The summed E-state index contributed by atoms with van der Waals surface area (Å²) in [5.41, 5.74) is 0. The summed E-state index contributed by atoms with van der Waals surface area (Å²) < 4.78 is 26.7. The molecule has 0 saturated heterocycles. The van der Waals surface area contributed by atoms with E-state index in [4.69, 9.17) is 11.6 Å². The Bertz CT molecular complexity index is 542. The number of sulfonamides is 1. The molecule has 0 atom stereocenters. The van der Waals surface area contributed by atoms with Crippen molar-refractivity contribution in [1.29, 1.82) is 0 Å². The van der Waals surface area contributed by atoms with Gasteiger partial charge in [0.2, 0.25) is 5.28 Å². The van der Waals surface area contributed by atoms with E-state index >= 15 is 0 Å². The first-order valence-corrected chi connectivity index (χ1v) is 6.76. The van der Waals surface area contributed by atoms with Gasteiger partial charge in [0.15, 0.2) is 15.9 Å². The van der Waals surface area contributed by atoms with Crippen LogP contribution in [0.3, 0.4) is 0 Å². The zero-order chi connectivity index (χ0) is 11.1. The highest BCUT2D eigenvalue weighted by atomic mass is 35.5. The Morgan fingerprint density at radius 2 is 2.27 bits per heavy atom. The minimum Gasteiger partial charge on any atom is -0.317 e. The van der Waals surface area contributed by atoms with Crippen molar-refractivity contribution in [3.8, 4) is 0 Å². The summed E-state index contributed by atoms with van der Waals surface area (Å²) in [6.07, 6.45) is 2.84. The Balaban J connectivity index is 2.64. The van der Waals surface area contributed by atoms with E-state index in [0.717, 1.165) is 6.20 Å². The summed E-state index contributed by atoms with van der Waals surface area (Å²) in [4.78, 5) is 7.31. The summed E-state index contributed by atoms with van der Waals surface area (Å²) in [5, 5.41) is 2.99. The Kier molecular flexibility index (Phi) is 2.57. The van der Waals surface area contributed by atoms with Gasteiger partial charge in [0.1, 0.15) is 0 Å². The number of hydrogen-bond acceptors (Lipinski definition) is 6. The number of nitrogens with one attached hydrogen (secondary N) is 1. The van der Waals surface area contributed by atoms with Gasteiger partial charge >= 0.3 is 0 Å². The second-order valence-corrected chi connectivity index (χ2v) is 5.26. The molecule has 1 aromatic rings. The normalized spacial score (nSPS) is 17.6. The average Bonchev–Trinajstić information content (AvgIpc) is 2.15. The number of anilines is 1. The zero-order valence-electron chi connectivity index (χ0n) is 7.43. The molecule has 0 saturated carbocycles. The van der Waals surface area contributed by atoms with Crippen molar-refractivity contribution in [3.05, 3.63) is 11.5 Å². The summed E-state index contributed by atoms with van der Waals surface area (Å²) >= 11 is 6.73. The predicted octanol–water partition coefficient (Wildman–Crippen LogP) is 0.963. The maximum atomic E-state index is 11.6. The number of nitrogens with zero attached hydrogens (tertiary/aromatic N) is 3. The molecule has 80 valence electrons. The van der Waals surface area contributed by atoms with Crippen LogP contribution in [0.5, 0.6) is 0 Å². The Hall–Kier alpha value is -0.860. The SMILES string of the molecule is CSC1=NS(=O)(=O)c2cnc(Cl)nc2N1. The van der Waals surface area contributed by atoms with E-state index in [0.29, 0.717) is 0 Å². The Morgan fingerprint density at radius 3 is 2.93 bits per heavy atom. The molecule has 0 spiro atoms. The maximum absolute atomic E-state index is 11.6. The number of rotatable bonds is 0. The second-order valence-electron chi connectivity index (χ2n) is 2.55. The molecule has 1 aromatic heterocycles. The number of hydrogen-bond donors (Lipinski definition) is 1. The van der Waals surface area contributed by atoms with Gasteiger partial charge < -0.3 is 5.32 Å². The van der Waals surface area contributed by atoms with Crippen LogP contribution in [0.25, 0.3) is 0 Å². The fourth-order valence-corrected chi connectivity index (χ4v) is 2.81. The third-order valence-corrected chi connectivity index (χ3v) is 3.78. The molecule has 15 heavy (non-hydrogen) atoms. The van der Waals surface area contributed by atoms with Crippen molar-refractivity contribution in [2.24, 2.45) is 4.40 Å². The van der Waals surface area contributed by atoms with E-state index in [2.05, 4.69) is 19.7 Å². The fourth-order valence-electron chi connectivity index (χ4n) is 0.998. The molecule has 0 bridgehead atoms. The fraction of sp³-hybridized carbons (Fsp3) is 0.167. The lowest BCUT2D eigenvalue weighted by Gasteiger charge is -2.14. The summed E-state index contributed by atoms with van der Waals surface area (Å²) in [5.74, 6) is 0.161. The summed E-state index contributed by atoms with van der Waals surface area (Å²) in [7, 11) is -3.70. The molecule has 2 heterocycles. The average molecular weight is 265 g/mol. The van der Waals surface area contributed by atoms with Gasteiger partial charge in [0.25, 0.3) is 10.0 Å². The monoisotopic (exact) mass is 264 g/mol. The van der Waals surface area contributed by atoms with Crippen molar-refractivity contribution in [2.75, 3.05) is 11.6 Å². The molecule has 0 unspecified atom stereocenters. The van der Waals surface area contributed by atoms with Crippen LogP contribution in [0.4, 0.5) is 5.82 Å². The van der Waals surface area contributed by atoms with Crippen molar-refractivity contribution in [2.45, 2.75) is 4.90 Å². The van der Waals surface area contributed by atoms with E-state index in [-0.39, 0.29) is 21.2 Å². The topological polar surface area (TPSA) is 84.3 Å². The number of amidine groups is 1. The molecule has 9 heteroatoms. The highest BCUT2D eigenvalue weighted by Gasteiger charge is 2.26. The predicted molar refractivity (Wildman–Crippen MR) is 58.8 cm³/mol. The molecular formula is C6H5ClN4O2S2. The van der Waals surface area contributed by atoms with Gasteiger partial charge in [-0.2, -0.15) is 13.4 Å². The van der Waals surface area contributed by atoms with E-state index in [1.54, 1.807) is 6.26 Å². The summed E-state index contributed by atoms with van der Waals surface area (Å²) in [6.45, 7) is 0. The van der Waals surface area contributed by atoms with E-state index in [9.17, 15) is 8.42 Å². The first-order chi connectivity index (χ1) is 7.03. The standard InChI is InChI=1S/C6H5ClN4O2S2/c1-14-6-10-4-3(15(12,13)11-6)2-8-5(7)9-4/h2H,1H3,(H,8,9,10,11). The van der Waals surface area contributed by atoms with Gasteiger partial charge in [-0.15, -0.1) is 4.40 Å². The van der Waals surface area contributed by atoms with Gasteiger partial charge in [-0.05, 0) is 17.9 Å². The third-order valence-electron chi connectivity index (χ3n) is 1.63. The van der Waals surface area contributed by atoms with Gasteiger partial charge in [-0.3, -0.25) is 0 Å². The number of fused-ring (bicyclic) bond motifs is 1. The molecule has 0 radical (unpaired) electrons. The minimum absolute atomic E-state index is 0.0150. The van der Waals surface area contributed by atoms with Gasteiger partial charge in [0, 0.05) is 0 Å². The lowest BCUT2D eigenvalue weighted by Crippen LogP contribution is -2.20. The molecule has 0 amide bonds. The van der Waals surface area contributed by atoms with Crippen LogP contribution in [0.2, 0.25) is 5.28 Å². The van der Waals surface area contributed by atoms with Crippen LogP contribution < -0.4 is 5.32 Å². The Morgan fingerprint density at radius 1 is 1.53 bits per heavy atom. The third kappa shape index (κ3) is 1.92. The minimum atomic E-state index is -3.70. The molecule has 0 aromatic carbocycles. The molecule has 0 fully saturated rings. The lowest BCUT2D eigenvalue weighted by atomic mass is 10.6. The zero-order valence-corrected chi connectivity index (χ0v) is 9.82. The lowest BCUT2D eigenvalue weighted by molar-refractivity contribution is 0.597. The first kappa shape index (κ1) is 10.7. The van der Waals surface area contributed by atoms with Gasteiger partial charge in [-0.1, -0.05) is 11.8 Å². The summed E-state index contributed by atoms with van der Waals surface area (Å²) in [6, 6.07) is 0. The van der Waals surface area contributed by atoms with Crippen molar-refractivity contribution in [3.63, 3.8) is 0 Å². The Labute approximate surface area is 95.2 Å². The number of halogens is 1. The van der Waals surface area contributed by atoms with E-state index < -0.39 is 10.0 Å². The van der Waals surface area contributed by atoms with Crippen LogP contribution in [0.1, 0.15) is 0 Å². The molecular weight excluding hydrogens is 260 g/mol. The molecule has 1 aliphatic heterocycles. The van der Waals surface area contributed by atoms with Crippen LogP contribution >= 0.6 is 23.4 Å². The number of aromatic nitrogens is 2. The molecule has 0 aliphatic carbocycles. The first-order valence-electron chi connectivity index (χ1n) is 3.71.